The Labute approximate surface area is 146 Å². The number of nitrogens with zero attached hydrogens (tertiary/aromatic N) is 3. The molecule has 22 heavy (non-hydrogen) atoms. The standard InChI is InChI=1S/C14H22N3O4.Tl/c1-8(2)11(14(20)21)16(3)12(18)9-4-5-17(7-9)13(19)10-6-15-10;/h8-11H,4-7H2,1-3H3,(H,20,21);/q-1;+1/t9-,10-,11-;/m0./s1. The molecule has 2 amide bonds. The molecule has 2 heterocycles. The molecule has 0 radical (unpaired) electrons. The van der Waals surface area contributed by atoms with Crippen LogP contribution < -0.4 is 0 Å². The molecule has 4 atom stereocenters. The zero-order chi connectivity index (χ0) is 16.6. The fraction of sp³-hybridized carbons (Fsp3) is 0.786. The van der Waals surface area contributed by atoms with Crippen molar-refractivity contribution in [2.75, 3.05) is 26.7 Å². The van der Waals surface area contributed by atoms with E-state index < -0.39 is 12.0 Å². The van der Waals surface area contributed by atoms with E-state index >= 15 is 0 Å². The minimum atomic E-state index is -0.984. The molecule has 8 heteroatoms. The molecule has 120 valence electrons. The molecule has 0 bridgehead atoms. The number of carbonyl (C=O) groups is 3. The van der Waals surface area contributed by atoms with Crippen LogP contribution in [0.3, 0.4) is 0 Å². The van der Waals surface area contributed by atoms with E-state index in [0.29, 0.717) is 45.6 Å². The summed E-state index contributed by atoms with van der Waals surface area (Å²) in [6.45, 7) is 5.45. The molecule has 2 saturated heterocycles. The van der Waals surface area contributed by atoms with Crippen LogP contribution in [0.25, 0.3) is 0 Å². The summed E-state index contributed by atoms with van der Waals surface area (Å²) in [5.41, 5.74) is 0. The molecule has 2 fully saturated rings. The SMILES string of the molecule is CC(C)[C@@H](C(=O)O)N(C)C(=O)[C@H]1CCN(C(=O)[C@@H]2C[N]2[Tl])C1. The van der Waals surface area contributed by atoms with Crippen LogP contribution in [0.15, 0.2) is 0 Å². The van der Waals surface area contributed by atoms with E-state index in [1.807, 2.05) is 0 Å². The Morgan fingerprint density at radius 3 is 2.32 bits per heavy atom. The second kappa shape index (κ2) is 6.81. The van der Waals surface area contributed by atoms with E-state index in [0.717, 1.165) is 6.54 Å². The van der Waals surface area contributed by atoms with Gasteiger partial charge in [-0.1, -0.05) is 0 Å². The number of hydrogen-bond acceptors (Lipinski definition) is 4. The number of carboxylic acids is 1. The molecule has 0 aliphatic carbocycles. The fourth-order valence-corrected chi connectivity index (χ4v) is 4.34. The molecule has 0 saturated carbocycles. The van der Waals surface area contributed by atoms with Crippen LogP contribution in [0.4, 0.5) is 0 Å². The van der Waals surface area contributed by atoms with Crippen LogP contribution in [0.1, 0.15) is 20.3 Å². The van der Waals surface area contributed by atoms with Crippen molar-refractivity contribution in [1.82, 2.24) is 12.5 Å². The molecule has 0 aromatic carbocycles. The average molecular weight is 501 g/mol. The second-order valence-corrected chi connectivity index (χ2v) is 9.04. The van der Waals surface area contributed by atoms with Gasteiger partial charge in [0.25, 0.3) is 0 Å². The van der Waals surface area contributed by atoms with E-state index in [1.165, 1.54) is 4.90 Å². The molecule has 0 spiro atoms. The minimum absolute atomic E-state index is 0.0408. The number of likely N-dealkylation sites (N-methyl/N-ethyl adjacent to an activating group) is 1. The normalized spacial score (nSPS) is 28.5. The summed E-state index contributed by atoms with van der Waals surface area (Å²) in [6, 6.07) is -0.780. The Hall–Kier alpha value is -0.708. The van der Waals surface area contributed by atoms with Crippen LogP contribution >= 0.6 is 0 Å². The van der Waals surface area contributed by atoms with Crippen LogP contribution in [0, 0.1) is 11.8 Å². The van der Waals surface area contributed by atoms with Gasteiger partial charge in [0.1, 0.15) is 0 Å². The predicted molar refractivity (Wildman–Crippen MR) is 80.0 cm³/mol. The van der Waals surface area contributed by atoms with Crippen molar-refractivity contribution in [3.63, 3.8) is 0 Å². The summed E-state index contributed by atoms with van der Waals surface area (Å²) in [4.78, 5) is 39.2. The van der Waals surface area contributed by atoms with Gasteiger partial charge in [-0.3, -0.25) is 0 Å². The summed E-state index contributed by atoms with van der Waals surface area (Å²) in [5.74, 6) is -1.46. The monoisotopic (exact) mass is 501 g/mol. The molecule has 2 aliphatic rings. The van der Waals surface area contributed by atoms with Gasteiger partial charge < -0.3 is 0 Å². The Bertz CT molecular complexity index is 485. The molecular formula is C14H22N3O4Tl. The third kappa shape index (κ3) is 3.61. The number of likely N-dealkylation sites (tertiary alicyclic amines) is 1. The first kappa shape index (κ1) is 17.6. The van der Waals surface area contributed by atoms with Gasteiger partial charge in [-0.15, -0.1) is 0 Å². The van der Waals surface area contributed by atoms with Crippen molar-refractivity contribution in [2.24, 2.45) is 11.8 Å². The van der Waals surface area contributed by atoms with Gasteiger partial charge in [0.05, 0.1) is 0 Å². The van der Waals surface area contributed by atoms with E-state index in [1.54, 1.807) is 25.8 Å². The van der Waals surface area contributed by atoms with E-state index in [-0.39, 0.29) is 29.7 Å². The van der Waals surface area contributed by atoms with Crippen molar-refractivity contribution < 1.29 is 19.5 Å². The molecule has 7 nitrogen and oxygen atoms in total. The quantitative estimate of drug-likeness (QED) is 0.394. The maximum atomic E-state index is 12.5. The van der Waals surface area contributed by atoms with E-state index in [2.05, 4.69) is 2.71 Å². The molecule has 2 aliphatic heterocycles. The van der Waals surface area contributed by atoms with Gasteiger partial charge >= 0.3 is 147 Å². The number of amides is 2. The van der Waals surface area contributed by atoms with Crippen molar-refractivity contribution in [2.45, 2.75) is 32.4 Å². The Balaban J connectivity index is 1.96. The molecule has 0 aromatic rings. The van der Waals surface area contributed by atoms with Gasteiger partial charge in [-0.2, -0.15) is 0 Å². The van der Waals surface area contributed by atoms with Crippen LogP contribution in [-0.4, -0.2) is 100 Å². The van der Waals surface area contributed by atoms with Gasteiger partial charge in [-0.25, -0.2) is 0 Å². The van der Waals surface area contributed by atoms with Crippen molar-refractivity contribution in [3.8, 4) is 0 Å². The first-order chi connectivity index (χ1) is 10.2. The predicted octanol–water partition coefficient (Wildman–Crippen LogP) is -0.830. The summed E-state index contributed by atoms with van der Waals surface area (Å²) < 4.78 is 2.13. The van der Waals surface area contributed by atoms with Crippen molar-refractivity contribution in [3.05, 3.63) is 0 Å². The average Bonchev–Trinajstić information content (AvgIpc) is 2.97. The number of hydrogen-bond donors (Lipinski definition) is 1. The Morgan fingerprint density at radius 2 is 1.86 bits per heavy atom. The zero-order valence-electron chi connectivity index (χ0n) is 13.2. The maximum absolute atomic E-state index is 12.5. The number of carbonyl (C=O) groups excluding carboxylic acids is 2. The van der Waals surface area contributed by atoms with Gasteiger partial charge in [0, 0.05) is 0 Å². The first-order valence-corrected chi connectivity index (χ1v) is 9.54. The van der Waals surface area contributed by atoms with Crippen LogP contribution in [0.5, 0.6) is 0 Å². The molecule has 1 unspecified atom stereocenters. The van der Waals surface area contributed by atoms with E-state index in [9.17, 15) is 19.5 Å². The van der Waals surface area contributed by atoms with Crippen LogP contribution in [-0.2, 0) is 14.4 Å². The van der Waals surface area contributed by atoms with Crippen LogP contribution in [0.2, 0.25) is 0 Å². The molecule has 2 rings (SSSR count). The topological polar surface area (TPSA) is 80.9 Å². The number of rotatable bonds is 5. The van der Waals surface area contributed by atoms with Crippen molar-refractivity contribution >= 4 is 43.8 Å². The van der Waals surface area contributed by atoms with E-state index in [4.69, 9.17) is 0 Å². The third-order valence-electron chi connectivity index (χ3n) is 4.43. The Kier molecular flexibility index (Phi) is 5.46. The Morgan fingerprint density at radius 1 is 1.27 bits per heavy atom. The number of aliphatic carboxylic acids is 1. The van der Waals surface area contributed by atoms with Crippen molar-refractivity contribution in [1.29, 1.82) is 0 Å². The second-order valence-electron chi connectivity index (χ2n) is 6.46. The molecule has 0 aromatic heterocycles. The third-order valence-corrected chi connectivity index (χ3v) is 6.65. The number of carboxylic acid groups (broad SMARTS) is 1. The summed E-state index contributed by atoms with van der Waals surface area (Å²) in [7, 11) is 1.55. The first-order valence-electron chi connectivity index (χ1n) is 7.53. The fourth-order valence-electron chi connectivity index (χ4n) is 3.07. The molecular weight excluding hydrogens is 479 g/mol. The summed E-state index contributed by atoms with van der Waals surface area (Å²) >= 11 is 0.687. The van der Waals surface area contributed by atoms with Gasteiger partial charge in [-0.05, 0) is 0 Å². The molecule has 1 N–H and O–H groups in total. The summed E-state index contributed by atoms with van der Waals surface area (Å²) in [5, 5.41) is 9.30. The zero-order valence-corrected chi connectivity index (χ0v) is 17.7. The van der Waals surface area contributed by atoms with Gasteiger partial charge in [0.15, 0.2) is 0 Å². The van der Waals surface area contributed by atoms with Gasteiger partial charge in [0.2, 0.25) is 0 Å². The summed E-state index contributed by atoms with van der Waals surface area (Å²) in [6.07, 6.45) is 0.621.